The summed E-state index contributed by atoms with van der Waals surface area (Å²) in [6, 6.07) is 0. The molecule has 0 amide bonds. The van der Waals surface area contributed by atoms with Gasteiger partial charge in [0.25, 0.3) is 0 Å². The smallest absolute Gasteiger partial charge is 0.129 e. The van der Waals surface area contributed by atoms with Gasteiger partial charge < -0.3 is 34.9 Å². The third kappa shape index (κ3) is 13.7. The second kappa shape index (κ2) is 13.8. The van der Waals surface area contributed by atoms with E-state index in [0.29, 0.717) is 46.2 Å². The van der Waals surface area contributed by atoms with Gasteiger partial charge in [-0.3, -0.25) is 0 Å². The summed E-state index contributed by atoms with van der Waals surface area (Å²) in [6.45, 7) is 2.83. The van der Waals surface area contributed by atoms with Crippen molar-refractivity contribution in [2.75, 3.05) is 59.5 Å². The van der Waals surface area contributed by atoms with Crippen LogP contribution in [-0.2, 0) is 18.9 Å². The van der Waals surface area contributed by atoms with Crippen molar-refractivity contribution < 1.29 is 29.2 Å². The lowest BCUT2D eigenvalue weighted by atomic mass is 10.6. The summed E-state index contributed by atoms with van der Waals surface area (Å²) in [4.78, 5) is 0. The van der Waals surface area contributed by atoms with E-state index in [4.69, 9.17) is 34.9 Å². The molecular weight excluding hydrogens is 230 g/mol. The van der Waals surface area contributed by atoms with Gasteiger partial charge in [-0.2, -0.15) is 0 Å². The summed E-state index contributed by atoms with van der Waals surface area (Å²) in [5.41, 5.74) is 5.31. The molecule has 0 heterocycles. The fourth-order valence-electron chi connectivity index (χ4n) is 0.918. The van der Waals surface area contributed by atoms with Crippen molar-refractivity contribution >= 4 is 0 Å². The molecule has 0 aromatic heterocycles. The molecule has 0 aliphatic heterocycles. The molecule has 1 atom stereocenters. The van der Waals surface area contributed by atoms with Crippen LogP contribution in [0.25, 0.3) is 0 Å². The lowest BCUT2D eigenvalue weighted by molar-refractivity contribution is -0.0311. The molecule has 0 rings (SSSR count). The summed E-state index contributed by atoms with van der Waals surface area (Å²) < 4.78 is 20.4. The van der Waals surface area contributed by atoms with Crippen molar-refractivity contribution in [1.29, 1.82) is 0 Å². The van der Waals surface area contributed by atoms with Gasteiger partial charge in [0.05, 0.1) is 59.5 Å². The number of nitrogens with two attached hydrogens (primary N) is 1. The third-order valence-electron chi connectivity index (χ3n) is 1.72. The fourth-order valence-corrected chi connectivity index (χ4v) is 0.918. The summed E-state index contributed by atoms with van der Waals surface area (Å²) >= 11 is 0. The van der Waals surface area contributed by atoms with E-state index in [-0.39, 0.29) is 13.2 Å². The maximum Gasteiger partial charge on any atom is 0.129 e. The largest absolute Gasteiger partial charge is 0.394 e. The normalized spacial score (nSPS) is 12.9. The average Bonchev–Trinajstić information content (AvgIpc) is 2.35. The Morgan fingerprint density at radius 1 is 0.765 bits per heavy atom. The van der Waals surface area contributed by atoms with Gasteiger partial charge in [0.2, 0.25) is 0 Å². The monoisotopic (exact) mass is 253 g/mol. The van der Waals surface area contributed by atoms with Crippen molar-refractivity contribution in [2.24, 2.45) is 5.73 Å². The number of aliphatic hydroxyl groups excluding tert-OH is 2. The van der Waals surface area contributed by atoms with Crippen molar-refractivity contribution in [3.05, 3.63) is 0 Å². The van der Waals surface area contributed by atoms with Crippen LogP contribution in [0.4, 0.5) is 0 Å². The highest BCUT2D eigenvalue weighted by Gasteiger charge is 1.98. The molecule has 0 fully saturated rings. The minimum Gasteiger partial charge on any atom is -0.394 e. The zero-order valence-electron chi connectivity index (χ0n) is 10.0. The van der Waals surface area contributed by atoms with E-state index in [1.807, 2.05) is 0 Å². The van der Waals surface area contributed by atoms with E-state index in [1.54, 1.807) is 0 Å². The SMILES string of the molecule is NC(CO)OCCOCCOCCOCCO. The topological polar surface area (TPSA) is 103 Å². The van der Waals surface area contributed by atoms with Crippen LogP contribution in [0.5, 0.6) is 0 Å². The molecular formula is C10H23NO6. The van der Waals surface area contributed by atoms with E-state index < -0.39 is 6.23 Å². The first-order valence-corrected chi connectivity index (χ1v) is 5.63. The van der Waals surface area contributed by atoms with Gasteiger partial charge >= 0.3 is 0 Å². The number of hydrogen-bond acceptors (Lipinski definition) is 7. The minimum absolute atomic E-state index is 0.0269. The predicted molar refractivity (Wildman–Crippen MR) is 60.6 cm³/mol. The maximum absolute atomic E-state index is 8.56. The molecule has 7 heteroatoms. The molecule has 4 N–H and O–H groups in total. The van der Waals surface area contributed by atoms with Crippen LogP contribution in [0, 0.1) is 0 Å². The Kier molecular flexibility index (Phi) is 13.6. The molecule has 0 aliphatic rings. The number of rotatable bonds is 13. The molecule has 17 heavy (non-hydrogen) atoms. The number of ether oxygens (including phenoxy) is 4. The Balaban J connectivity index is 2.94. The van der Waals surface area contributed by atoms with Gasteiger partial charge in [-0.05, 0) is 0 Å². The zero-order valence-corrected chi connectivity index (χ0v) is 10.0. The van der Waals surface area contributed by atoms with E-state index in [9.17, 15) is 0 Å². The number of aliphatic hydroxyl groups is 2. The van der Waals surface area contributed by atoms with Crippen LogP contribution in [-0.4, -0.2) is 75.9 Å². The lowest BCUT2D eigenvalue weighted by Gasteiger charge is -2.10. The van der Waals surface area contributed by atoms with Crippen molar-refractivity contribution in [3.8, 4) is 0 Å². The van der Waals surface area contributed by atoms with Crippen LogP contribution in [0.2, 0.25) is 0 Å². The molecule has 0 aromatic rings. The molecule has 0 radical (unpaired) electrons. The molecule has 7 nitrogen and oxygen atoms in total. The Morgan fingerprint density at radius 2 is 1.24 bits per heavy atom. The first-order chi connectivity index (χ1) is 8.31. The van der Waals surface area contributed by atoms with Crippen molar-refractivity contribution in [2.45, 2.75) is 6.23 Å². The lowest BCUT2D eigenvalue weighted by Crippen LogP contribution is -2.29. The molecule has 0 spiro atoms. The van der Waals surface area contributed by atoms with Gasteiger partial charge in [0.15, 0.2) is 0 Å². The van der Waals surface area contributed by atoms with Crippen LogP contribution in [0.15, 0.2) is 0 Å². The Labute approximate surface area is 101 Å². The van der Waals surface area contributed by atoms with E-state index in [0.717, 1.165) is 0 Å². The standard InChI is InChI=1S/C10H23NO6/c11-10(9-13)17-8-7-16-6-5-15-4-3-14-2-1-12/h10,12-13H,1-9,11H2. The molecule has 0 saturated carbocycles. The highest BCUT2D eigenvalue weighted by atomic mass is 16.6. The summed E-state index contributed by atoms with van der Waals surface area (Å²) in [6.07, 6.45) is -0.640. The fraction of sp³-hybridized carbons (Fsp3) is 1.00. The maximum atomic E-state index is 8.56. The molecule has 0 bridgehead atoms. The van der Waals surface area contributed by atoms with Crippen LogP contribution in [0.3, 0.4) is 0 Å². The second-order valence-corrected chi connectivity index (χ2v) is 3.15. The minimum atomic E-state index is -0.640. The van der Waals surface area contributed by atoms with E-state index in [1.165, 1.54) is 0 Å². The first-order valence-electron chi connectivity index (χ1n) is 5.63. The van der Waals surface area contributed by atoms with E-state index >= 15 is 0 Å². The molecule has 0 aliphatic carbocycles. The van der Waals surface area contributed by atoms with Gasteiger partial charge in [-0.15, -0.1) is 0 Å². The second-order valence-electron chi connectivity index (χ2n) is 3.15. The quantitative estimate of drug-likeness (QED) is 0.266. The molecule has 0 aromatic carbocycles. The van der Waals surface area contributed by atoms with Gasteiger partial charge in [-0.25, -0.2) is 0 Å². The first kappa shape index (κ1) is 16.7. The average molecular weight is 253 g/mol. The van der Waals surface area contributed by atoms with E-state index in [2.05, 4.69) is 0 Å². The summed E-state index contributed by atoms with van der Waals surface area (Å²) in [5, 5.41) is 17.0. The Bertz CT molecular complexity index is 149. The van der Waals surface area contributed by atoms with Crippen LogP contribution in [0.1, 0.15) is 0 Å². The van der Waals surface area contributed by atoms with Gasteiger partial charge in [0.1, 0.15) is 6.23 Å². The van der Waals surface area contributed by atoms with Crippen LogP contribution < -0.4 is 5.73 Å². The predicted octanol–water partition coefficient (Wildman–Crippen LogP) is -1.68. The van der Waals surface area contributed by atoms with Crippen LogP contribution >= 0.6 is 0 Å². The third-order valence-corrected chi connectivity index (χ3v) is 1.72. The van der Waals surface area contributed by atoms with Crippen molar-refractivity contribution in [1.82, 2.24) is 0 Å². The molecule has 0 saturated heterocycles. The van der Waals surface area contributed by atoms with Crippen molar-refractivity contribution in [3.63, 3.8) is 0 Å². The molecule has 1 unspecified atom stereocenters. The van der Waals surface area contributed by atoms with Gasteiger partial charge in [-0.1, -0.05) is 0 Å². The summed E-state index contributed by atoms with van der Waals surface area (Å²) in [7, 11) is 0. The summed E-state index contributed by atoms with van der Waals surface area (Å²) in [5.74, 6) is 0. The Hall–Kier alpha value is -0.280. The highest BCUT2D eigenvalue weighted by molar-refractivity contribution is 4.41. The Morgan fingerprint density at radius 3 is 1.71 bits per heavy atom. The highest BCUT2D eigenvalue weighted by Crippen LogP contribution is 1.84. The number of hydrogen-bond donors (Lipinski definition) is 3. The van der Waals surface area contributed by atoms with Gasteiger partial charge in [0, 0.05) is 0 Å². The zero-order chi connectivity index (χ0) is 12.8. The molecule has 104 valence electrons.